The van der Waals surface area contributed by atoms with Gasteiger partial charge >= 0.3 is 0 Å². The summed E-state index contributed by atoms with van der Waals surface area (Å²) in [7, 11) is -4.25. The Bertz CT molecular complexity index is 1640. The van der Waals surface area contributed by atoms with E-state index >= 15 is 0 Å². The van der Waals surface area contributed by atoms with Crippen molar-refractivity contribution in [2.24, 2.45) is 0 Å². The van der Waals surface area contributed by atoms with Crippen LogP contribution < -0.4 is 9.62 Å². The Kier molecular flexibility index (Phi) is 11.5. The van der Waals surface area contributed by atoms with E-state index in [1.807, 2.05) is 37.3 Å². The number of amides is 2. The molecule has 0 spiro atoms. The van der Waals surface area contributed by atoms with Crippen LogP contribution in [0.5, 0.6) is 0 Å². The van der Waals surface area contributed by atoms with Gasteiger partial charge in [0, 0.05) is 30.1 Å². The lowest BCUT2D eigenvalue weighted by Gasteiger charge is -2.34. The van der Waals surface area contributed by atoms with Gasteiger partial charge in [0.2, 0.25) is 11.8 Å². The fourth-order valence-corrected chi connectivity index (χ4v) is 6.27. The molecule has 0 aliphatic heterocycles. The summed E-state index contributed by atoms with van der Waals surface area (Å²) in [6.45, 7) is 1.54. The Morgan fingerprint density at radius 2 is 1.48 bits per heavy atom. The maximum atomic E-state index is 15.0. The van der Waals surface area contributed by atoms with Gasteiger partial charge in [-0.2, -0.15) is 0 Å². The molecule has 2 amide bonds. The fourth-order valence-electron chi connectivity index (χ4n) is 4.73. The molecule has 0 aromatic heterocycles. The van der Waals surface area contributed by atoms with Gasteiger partial charge in [-0.15, -0.1) is 0 Å². The maximum Gasteiger partial charge on any atom is 0.264 e. The highest BCUT2D eigenvalue weighted by atomic mass is 35.5. The molecule has 4 rings (SSSR count). The van der Waals surface area contributed by atoms with E-state index in [4.69, 9.17) is 11.6 Å². The Morgan fingerprint density at radius 3 is 2.11 bits per heavy atom. The lowest BCUT2D eigenvalue weighted by molar-refractivity contribution is -0.140. The van der Waals surface area contributed by atoms with Crippen molar-refractivity contribution in [1.82, 2.24) is 10.2 Å². The van der Waals surface area contributed by atoms with Gasteiger partial charge in [-0.1, -0.05) is 91.7 Å². The van der Waals surface area contributed by atoms with Crippen molar-refractivity contribution in [2.45, 2.75) is 43.7 Å². The molecule has 44 heavy (non-hydrogen) atoms. The molecule has 0 heterocycles. The number of para-hydroxylation sites is 1. The summed E-state index contributed by atoms with van der Waals surface area (Å²) >= 11 is 6.01. The molecule has 0 saturated heterocycles. The molecule has 4 aromatic rings. The first-order valence-electron chi connectivity index (χ1n) is 14.4. The number of hydrogen-bond acceptors (Lipinski definition) is 4. The molecular formula is C34H35ClFN3O4S. The molecule has 7 nitrogen and oxygen atoms in total. The Morgan fingerprint density at radius 1 is 0.864 bits per heavy atom. The second kappa shape index (κ2) is 15.5. The van der Waals surface area contributed by atoms with E-state index in [2.05, 4.69) is 5.32 Å². The molecule has 0 aliphatic carbocycles. The number of unbranched alkanes of at least 4 members (excludes halogenated alkanes) is 1. The van der Waals surface area contributed by atoms with Crippen molar-refractivity contribution in [2.75, 3.05) is 17.4 Å². The van der Waals surface area contributed by atoms with Crippen LogP contribution in [0.1, 0.15) is 30.9 Å². The van der Waals surface area contributed by atoms with Gasteiger partial charge in [-0.3, -0.25) is 13.9 Å². The summed E-state index contributed by atoms with van der Waals surface area (Å²) in [6, 6.07) is 28.1. The quantitative estimate of drug-likeness (QED) is 0.166. The number of hydrogen-bond donors (Lipinski definition) is 1. The third kappa shape index (κ3) is 8.45. The molecule has 0 saturated carbocycles. The number of carbonyl (C=O) groups excluding carboxylic acids is 2. The van der Waals surface area contributed by atoms with Crippen molar-refractivity contribution in [1.29, 1.82) is 0 Å². The summed E-state index contributed by atoms with van der Waals surface area (Å²) in [4.78, 5) is 29.3. The number of anilines is 1. The van der Waals surface area contributed by atoms with E-state index in [1.165, 1.54) is 35.2 Å². The van der Waals surface area contributed by atoms with Crippen molar-refractivity contribution in [3.8, 4) is 0 Å². The molecule has 230 valence electrons. The summed E-state index contributed by atoms with van der Waals surface area (Å²) in [5.74, 6) is -1.61. The fraction of sp³-hybridized carbons (Fsp3) is 0.235. The number of nitrogens with one attached hydrogen (secondary N) is 1. The zero-order chi connectivity index (χ0) is 31.5. The summed E-state index contributed by atoms with van der Waals surface area (Å²) in [5.41, 5.74) is 1.25. The van der Waals surface area contributed by atoms with Crippen LogP contribution in [0.4, 0.5) is 10.1 Å². The molecule has 4 aromatic carbocycles. The van der Waals surface area contributed by atoms with E-state index < -0.39 is 40.2 Å². The van der Waals surface area contributed by atoms with Crippen LogP contribution in [-0.4, -0.2) is 44.3 Å². The minimum absolute atomic E-state index is 0.0580. The summed E-state index contributed by atoms with van der Waals surface area (Å²) < 4.78 is 43.9. The second-order valence-corrected chi connectivity index (χ2v) is 12.6. The first-order valence-corrected chi connectivity index (χ1v) is 16.2. The topological polar surface area (TPSA) is 86.8 Å². The number of nitrogens with zero attached hydrogens (tertiary/aromatic N) is 2. The van der Waals surface area contributed by atoms with E-state index in [0.717, 1.165) is 22.7 Å². The molecule has 0 aliphatic rings. The maximum absolute atomic E-state index is 15.0. The van der Waals surface area contributed by atoms with Gasteiger partial charge in [-0.05, 0) is 54.4 Å². The zero-order valence-electron chi connectivity index (χ0n) is 24.4. The number of carbonyl (C=O) groups is 2. The van der Waals surface area contributed by atoms with Gasteiger partial charge < -0.3 is 10.2 Å². The molecule has 1 unspecified atom stereocenters. The number of sulfonamides is 1. The van der Waals surface area contributed by atoms with Crippen LogP contribution in [0, 0.1) is 5.82 Å². The highest BCUT2D eigenvalue weighted by Gasteiger charge is 2.34. The molecule has 10 heteroatoms. The lowest BCUT2D eigenvalue weighted by atomic mass is 10.0. The molecule has 0 radical (unpaired) electrons. The van der Waals surface area contributed by atoms with Gasteiger partial charge in [0.1, 0.15) is 18.4 Å². The number of benzene rings is 4. The van der Waals surface area contributed by atoms with Gasteiger partial charge in [0.25, 0.3) is 10.0 Å². The van der Waals surface area contributed by atoms with Gasteiger partial charge in [-0.25, -0.2) is 12.8 Å². The first-order chi connectivity index (χ1) is 21.2. The number of halogens is 2. The smallest absolute Gasteiger partial charge is 0.264 e. The highest BCUT2D eigenvalue weighted by molar-refractivity contribution is 7.92. The van der Waals surface area contributed by atoms with Crippen LogP contribution >= 0.6 is 11.6 Å². The largest absolute Gasteiger partial charge is 0.354 e. The predicted molar refractivity (Wildman–Crippen MR) is 171 cm³/mol. The SMILES string of the molecule is CCCCNC(=O)C(Cc1ccccc1)N(Cc1ccccc1F)C(=O)CN(c1ccccc1)S(=O)(=O)c1ccc(Cl)cc1. The van der Waals surface area contributed by atoms with Crippen LogP contribution in [0.3, 0.4) is 0 Å². The molecule has 0 bridgehead atoms. The van der Waals surface area contributed by atoms with Crippen molar-refractivity contribution < 1.29 is 22.4 Å². The molecule has 1 N–H and O–H groups in total. The summed E-state index contributed by atoms with van der Waals surface area (Å²) in [5, 5.41) is 3.28. The Balaban J connectivity index is 1.78. The van der Waals surface area contributed by atoms with Crippen LogP contribution in [0.2, 0.25) is 5.02 Å². The average molecular weight is 636 g/mol. The van der Waals surface area contributed by atoms with E-state index in [0.29, 0.717) is 11.6 Å². The van der Waals surface area contributed by atoms with Crippen molar-refractivity contribution in [3.05, 3.63) is 131 Å². The molecule has 0 fully saturated rings. The Hall–Kier alpha value is -4.21. The van der Waals surface area contributed by atoms with Crippen molar-refractivity contribution >= 4 is 39.1 Å². The van der Waals surface area contributed by atoms with Crippen molar-refractivity contribution in [3.63, 3.8) is 0 Å². The second-order valence-electron chi connectivity index (χ2n) is 10.3. The van der Waals surface area contributed by atoms with Crippen LogP contribution in [-0.2, 0) is 32.6 Å². The third-order valence-corrected chi connectivity index (χ3v) is 9.16. The standard InChI is InChI=1S/C34H35ClFN3O4S/c1-2-3-22-37-34(41)32(23-26-12-6-4-7-13-26)38(24-27-14-10-11-17-31(27)36)33(40)25-39(29-15-8-5-9-16-29)44(42,43)30-20-18-28(35)19-21-30/h4-21,32H,2-3,22-25H2,1H3,(H,37,41). The minimum atomic E-state index is -4.25. The van der Waals surface area contributed by atoms with E-state index in [-0.39, 0.29) is 29.1 Å². The molecule has 1 atom stereocenters. The van der Waals surface area contributed by atoms with E-state index in [1.54, 1.807) is 48.5 Å². The minimum Gasteiger partial charge on any atom is -0.354 e. The number of rotatable bonds is 14. The first kappa shape index (κ1) is 32.7. The Labute approximate surface area is 263 Å². The predicted octanol–water partition coefficient (Wildman–Crippen LogP) is 6.23. The monoisotopic (exact) mass is 635 g/mol. The van der Waals surface area contributed by atoms with Crippen LogP contribution in [0.15, 0.2) is 114 Å². The average Bonchev–Trinajstić information content (AvgIpc) is 3.03. The lowest BCUT2D eigenvalue weighted by Crippen LogP contribution is -2.53. The summed E-state index contributed by atoms with van der Waals surface area (Å²) in [6.07, 6.45) is 1.75. The van der Waals surface area contributed by atoms with Gasteiger partial charge in [0.15, 0.2) is 0 Å². The highest BCUT2D eigenvalue weighted by Crippen LogP contribution is 2.26. The zero-order valence-corrected chi connectivity index (χ0v) is 26.0. The molecular weight excluding hydrogens is 601 g/mol. The van der Waals surface area contributed by atoms with E-state index in [9.17, 15) is 22.4 Å². The van der Waals surface area contributed by atoms with Crippen LogP contribution in [0.25, 0.3) is 0 Å². The van der Waals surface area contributed by atoms with Gasteiger partial charge in [0.05, 0.1) is 10.6 Å². The normalized spacial score (nSPS) is 11.9. The third-order valence-electron chi connectivity index (χ3n) is 7.12.